The fourth-order valence-corrected chi connectivity index (χ4v) is 3.13. The Hall–Kier alpha value is -2.62. The van der Waals surface area contributed by atoms with Crippen LogP contribution in [0.4, 0.5) is 4.79 Å². The van der Waals surface area contributed by atoms with E-state index in [1.807, 2.05) is 24.4 Å². The van der Waals surface area contributed by atoms with E-state index in [-0.39, 0.29) is 13.1 Å². The summed E-state index contributed by atoms with van der Waals surface area (Å²) in [5.41, 5.74) is 0. The Labute approximate surface area is 141 Å². The van der Waals surface area contributed by atoms with Gasteiger partial charge in [-0.05, 0) is 28.3 Å². The van der Waals surface area contributed by atoms with Crippen molar-refractivity contribution in [2.75, 3.05) is 6.54 Å². The van der Waals surface area contributed by atoms with Crippen LogP contribution in [0.2, 0.25) is 0 Å². The number of rotatable bonds is 7. The van der Waals surface area contributed by atoms with Gasteiger partial charge in [0.05, 0.1) is 6.54 Å². The molecule has 0 unspecified atom stereocenters. The molecule has 0 bridgehead atoms. The third-order valence-electron chi connectivity index (χ3n) is 3.64. The summed E-state index contributed by atoms with van der Waals surface area (Å²) in [6.07, 6.45) is 1.34. The Kier molecular flexibility index (Phi) is 4.65. The van der Waals surface area contributed by atoms with Crippen molar-refractivity contribution in [2.24, 2.45) is 0 Å². The average Bonchev–Trinajstić information content (AvgIpc) is 3.27. The van der Waals surface area contributed by atoms with Crippen LogP contribution in [0, 0.1) is 0 Å². The average molecular weight is 348 g/mol. The zero-order valence-corrected chi connectivity index (χ0v) is 13.9. The molecule has 24 heavy (non-hydrogen) atoms. The summed E-state index contributed by atoms with van der Waals surface area (Å²) in [5.74, 6) is -1.25. The zero-order chi connectivity index (χ0) is 17.1. The molecule has 126 valence electrons. The molecule has 1 fully saturated rings. The van der Waals surface area contributed by atoms with Gasteiger partial charge in [-0.2, -0.15) is 0 Å². The lowest BCUT2D eigenvalue weighted by atomic mass is 10.3. The van der Waals surface area contributed by atoms with Gasteiger partial charge in [-0.25, -0.2) is 14.4 Å². The Morgan fingerprint density at radius 1 is 1.12 bits per heavy atom. The monoisotopic (exact) mass is 348 g/mol. The number of thiophene rings is 1. The van der Waals surface area contributed by atoms with Gasteiger partial charge in [0.15, 0.2) is 5.82 Å². The number of carbonyl (C=O) groups excluding carboxylic acids is 3. The van der Waals surface area contributed by atoms with Crippen molar-refractivity contribution in [1.82, 2.24) is 30.0 Å². The van der Waals surface area contributed by atoms with Gasteiger partial charge in [0, 0.05) is 24.4 Å². The van der Waals surface area contributed by atoms with Gasteiger partial charge in [-0.1, -0.05) is 13.0 Å². The molecule has 0 atom stereocenters. The van der Waals surface area contributed by atoms with Crippen LogP contribution in [-0.2, 0) is 29.1 Å². The molecule has 2 aromatic heterocycles. The van der Waals surface area contributed by atoms with Crippen LogP contribution in [0.5, 0.6) is 0 Å². The van der Waals surface area contributed by atoms with E-state index in [9.17, 15) is 14.4 Å². The van der Waals surface area contributed by atoms with Crippen LogP contribution >= 0.6 is 11.3 Å². The highest BCUT2D eigenvalue weighted by molar-refractivity contribution is 7.09. The predicted molar refractivity (Wildman–Crippen MR) is 83.8 cm³/mol. The minimum Gasteiger partial charge on any atom is -0.263 e. The molecular formula is C14H16N6O3S. The van der Waals surface area contributed by atoms with E-state index in [1.54, 1.807) is 11.3 Å². The molecule has 4 amide bonds. The van der Waals surface area contributed by atoms with E-state index in [0.717, 1.165) is 21.1 Å². The summed E-state index contributed by atoms with van der Waals surface area (Å²) in [4.78, 5) is 39.6. The van der Waals surface area contributed by atoms with E-state index in [0.29, 0.717) is 18.8 Å². The molecule has 9 nitrogen and oxygen atoms in total. The highest BCUT2D eigenvalue weighted by Gasteiger charge is 2.44. The molecule has 0 radical (unpaired) electrons. The first-order valence-corrected chi connectivity index (χ1v) is 8.44. The first-order chi connectivity index (χ1) is 11.6. The molecule has 0 saturated carbocycles. The number of aryl methyl sites for hydroxylation is 1. The maximum absolute atomic E-state index is 12.4. The van der Waals surface area contributed by atoms with Crippen molar-refractivity contribution < 1.29 is 14.4 Å². The maximum atomic E-state index is 12.4. The van der Waals surface area contributed by atoms with Crippen molar-refractivity contribution in [3.8, 4) is 0 Å². The SMILES string of the molecule is CCCn1nnnc1CN1C(=O)C(=O)N(CCc2cccs2)C1=O. The molecular weight excluding hydrogens is 332 g/mol. The molecule has 0 N–H and O–H groups in total. The van der Waals surface area contributed by atoms with E-state index in [2.05, 4.69) is 15.5 Å². The molecule has 2 aromatic rings. The molecule has 3 heterocycles. The smallest absolute Gasteiger partial charge is 0.263 e. The fourth-order valence-electron chi connectivity index (χ4n) is 2.43. The van der Waals surface area contributed by atoms with Gasteiger partial charge in [0.25, 0.3) is 0 Å². The lowest BCUT2D eigenvalue weighted by Crippen LogP contribution is -2.35. The number of carbonyl (C=O) groups is 3. The first kappa shape index (κ1) is 16.2. The summed E-state index contributed by atoms with van der Waals surface area (Å²) in [7, 11) is 0. The van der Waals surface area contributed by atoms with Gasteiger partial charge in [0.1, 0.15) is 0 Å². The molecule has 0 aliphatic carbocycles. The standard InChI is InChI=1S/C14H16N6O3S/c1-2-6-20-11(15-16-17-20)9-19-13(22)12(21)18(14(19)23)7-5-10-4-3-8-24-10/h3-4,8H,2,5-7,9H2,1H3. The molecule has 3 rings (SSSR count). The van der Waals surface area contributed by atoms with Crippen LogP contribution in [0.15, 0.2) is 17.5 Å². The topological polar surface area (TPSA) is 101 Å². The Balaban J connectivity index is 1.70. The summed E-state index contributed by atoms with van der Waals surface area (Å²) in [6.45, 7) is 2.62. The van der Waals surface area contributed by atoms with Gasteiger partial charge < -0.3 is 0 Å². The minimum atomic E-state index is -0.836. The molecule has 0 spiro atoms. The highest BCUT2D eigenvalue weighted by Crippen LogP contribution is 2.17. The van der Waals surface area contributed by atoms with Gasteiger partial charge in [0.2, 0.25) is 0 Å². The van der Waals surface area contributed by atoms with Crippen LogP contribution in [-0.4, -0.2) is 54.4 Å². The number of imide groups is 2. The van der Waals surface area contributed by atoms with Crippen LogP contribution in [0.25, 0.3) is 0 Å². The summed E-state index contributed by atoms with van der Waals surface area (Å²) in [5, 5.41) is 13.1. The normalized spacial score (nSPS) is 15.0. The van der Waals surface area contributed by atoms with Crippen molar-refractivity contribution in [3.05, 3.63) is 28.2 Å². The minimum absolute atomic E-state index is 0.105. The van der Waals surface area contributed by atoms with Gasteiger partial charge in [-0.3, -0.25) is 14.5 Å². The van der Waals surface area contributed by atoms with Crippen molar-refractivity contribution in [2.45, 2.75) is 32.9 Å². The van der Waals surface area contributed by atoms with Gasteiger partial charge in [-0.15, -0.1) is 16.4 Å². The van der Waals surface area contributed by atoms with E-state index in [4.69, 9.17) is 0 Å². The molecule has 0 aromatic carbocycles. The maximum Gasteiger partial charge on any atom is 0.334 e. The molecule has 1 aliphatic heterocycles. The van der Waals surface area contributed by atoms with E-state index in [1.165, 1.54) is 4.68 Å². The molecule has 10 heteroatoms. The van der Waals surface area contributed by atoms with Crippen LogP contribution in [0.1, 0.15) is 24.0 Å². The lowest BCUT2D eigenvalue weighted by Gasteiger charge is -2.14. The highest BCUT2D eigenvalue weighted by atomic mass is 32.1. The van der Waals surface area contributed by atoms with Crippen molar-refractivity contribution in [1.29, 1.82) is 0 Å². The largest absolute Gasteiger partial charge is 0.334 e. The van der Waals surface area contributed by atoms with Crippen LogP contribution in [0.3, 0.4) is 0 Å². The van der Waals surface area contributed by atoms with E-state index < -0.39 is 17.8 Å². The second-order valence-corrected chi connectivity index (χ2v) is 6.31. The third-order valence-corrected chi connectivity index (χ3v) is 4.57. The lowest BCUT2D eigenvalue weighted by molar-refractivity contribution is -0.143. The van der Waals surface area contributed by atoms with Gasteiger partial charge >= 0.3 is 17.8 Å². The predicted octanol–water partition coefficient (Wildman–Crippen LogP) is 0.678. The fraction of sp³-hybridized carbons (Fsp3) is 0.429. The zero-order valence-electron chi connectivity index (χ0n) is 13.1. The molecule has 1 aliphatic rings. The summed E-state index contributed by atoms with van der Waals surface area (Å²) >= 11 is 1.54. The number of urea groups is 1. The number of tetrazole rings is 1. The number of nitrogens with zero attached hydrogens (tertiary/aromatic N) is 6. The quantitative estimate of drug-likeness (QED) is 0.539. The Morgan fingerprint density at radius 2 is 1.92 bits per heavy atom. The van der Waals surface area contributed by atoms with Crippen LogP contribution < -0.4 is 0 Å². The number of hydrogen-bond donors (Lipinski definition) is 0. The Bertz CT molecular complexity index is 756. The number of aromatic nitrogens is 4. The Morgan fingerprint density at radius 3 is 2.62 bits per heavy atom. The van der Waals surface area contributed by atoms with Crippen molar-refractivity contribution >= 4 is 29.2 Å². The summed E-state index contributed by atoms with van der Waals surface area (Å²) < 4.78 is 1.53. The van der Waals surface area contributed by atoms with E-state index >= 15 is 0 Å². The summed E-state index contributed by atoms with van der Waals surface area (Å²) in [6, 6.07) is 3.21. The number of amides is 4. The number of hydrogen-bond acceptors (Lipinski definition) is 7. The first-order valence-electron chi connectivity index (χ1n) is 7.56. The third kappa shape index (κ3) is 3.04. The second-order valence-electron chi connectivity index (χ2n) is 5.28. The second kappa shape index (κ2) is 6.87. The van der Waals surface area contributed by atoms with Crippen molar-refractivity contribution in [3.63, 3.8) is 0 Å². The molecule has 1 saturated heterocycles.